The van der Waals surface area contributed by atoms with E-state index in [1.807, 2.05) is 43.5 Å². The van der Waals surface area contributed by atoms with Crippen molar-refractivity contribution in [1.29, 1.82) is 0 Å². The lowest BCUT2D eigenvalue weighted by molar-refractivity contribution is 0.175. The van der Waals surface area contributed by atoms with Crippen LogP contribution in [0.5, 0.6) is 11.5 Å². The molecule has 0 aliphatic carbocycles. The van der Waals surface area contributed by atoms with Gasteiger partial charge in [0.15, 0.2) is 0 Å². The molecule has 1 saturated heterocycles. The van der Waals surface area contributed by atoms with Crippen molar-refractivity contribution in [2.24, 2.45) is 0 Å². The topological polar surface area (TPSA) is 68.6 Å². The van der Waals surface area contributed by atoms with Crippen LogP contribution in [0.15, 0.2) is 48.8 Å². The molecule has 7 nitrogen and oxygen atoms in total. The number of ether oxygens (including phenoxy) is 2. The number of amides is 1. The first-order chi connectivity index (χ1) is 16.5. The molecule has 0 saturated carbocycles. The number of carbonyl (C=O) groups is 1. The summed E-state index contributed by atoms with van der Waals surface area (Å²) in [6.07, 6.45) is 7.35. The summed E-state index contributed by atoms with van der Waals surface area (Å²) in [4.78, 5) is 14.3. The van der Waals surface area contributed by atoms with Crippen LogP contribution in [0.25, 0.3) is 11.1 Å². The molecule has 2 aliphatic rings. The van der Waals surface area contributed by atoms with E-state index >= 15 is 0 Å². The molecule has 3 heterocycles. The Kier molecular flexibility index (Phi) is 6.48. The SMILES string of the molecule is COC(=O)N1c2ccc(-c3cnn(C4CCNCC4)c3)c(Oc3cccc(Cl)c3)c2CCC1C. The van der Waals surface area contributed by atoms with Crippen LogP contribution in [0, 0.1) is 0 Å². The van der Waals surface area contributed by atoms with Crippen molar-refractivity contribution in [2.45, 2.75) is 44.7 Å². The first-order valence-corrected chi connectivity index (χ1v) is 12.1. The number of aromatic nitrogens is 2. The molecule has 0 bridgehead atoms. The van der Waals surface area contributed by atoms with E-state index in [1.165, 1.54) is 7.11 Å². The van der Waals surface area contributed by atoms with Gasteiger partial charge in [0.05, 0.1) is 25.0 Å². The zero-order chi connectivity index (χ0) is 23.7. The lowest BCUT2D eigenvalue weighted by atomic mass is 9.92. The molecule has 8 heteroatoms. The van der Waals surface area contributed by atoms with Crippen molar-refractivity contribution in [2.75, 3.05) is 25.1 Å². The number of benzene rings is 2. The van der Waals surface area contributed by atoms with Crippen LogP contribution in [0.3, 0.4) is 0 Å². The van der Waals surface area contributed by atoms with E-state index in [4.69, 9.17) is 21.1 Å². The fraction of sp³-hybridized carbons (Fsp3) is 0.385. The highest BCUT2D eigenvalue weighted by molar-refractivity contribution is 6.30. The summed E-state index contributed by atoms with van der Waals surface area (Å²) in [6.45, 7) is 4.04. The molecule has 1 amide bonds. The monoisotopic (exact) mass is 480 g/mol. The minimum Gasteiger partial charge on any atom is -0.456 e. The van der Waals surface area contributed by atoms with Crippen molar-refractivity contribution in [3.63, 3.8) is 0 Å². The van der Waals surface area contributed by atoms with Crippen molar-refractivity contribution in [3.8, 4) is 22.6 Å². The molecule has 3 aromatic rings. The maximum Gasteiger partial charge on any atom is 0.414 e. The van der Waals surface area contributed by atoms with Gasteiger partial charge in [0.25, 0.3) is 0 Å². The number of nitrogens with one attached hydrogen (secondary N) is 1. The number of rotatable bonds is 4. The zero-order valence-electron chi connectivity index (χ0n) is 19.5. The molecule has 1 aromatic heterocycles. The van der Waals surface area contributed by atoms with Gasteiger partial charge in [-0.15, -0.1) is 0 Å². The molecule has 34 heavy (non-hydrogen) atoms. The highest BCUT2D eigenvalue weighted by atomic mass is 35.5. The molecule has 2 aliphatic heterocycles. The smallest absolute Gasteiger partial charge is 0.414 e. The van der Waals surface area contributed by atoms with Gasteiger partial charge in [0.1, 0.15) is 11.5 Å². The lowest BCUT2D eigenvalue weighted by Gasteiger charge is -2.35. The summed E-state index contributed by atoms with van der Waals surface area (Å²) < 4.78 is 13.6. The Morgan fingerprint density at radius 1 is 1.18 bits per heavy atom. The highest BCUT2D eigenvalue weighted by Gasteiger charge is 2.32. The van der Waals surface area contributed by atoms with Gasteiger partial charge in [-0.25, -0.2) is 4.79 Å². The summed E-state index contributed by atoms with van der Waals surface area (Å²) in [5.74, 6) is 1.38. The van der Waals surface area contributed by atoms with E-state index in [0.717, 1.165) is 66.9 Å². The van der Waals surface area contributed by atoms with Crippen molar-refractivity contribution < 1.29 is 14.3 Å². The summed E-state index contributed by atoms with van der Waals surface area (Å²) in [7, 11) is 1.41. The molecule has 1 fully saturated rings. The number of methoxy groups -OCH3 is 1. The molecule has 0 radical (unpaired) electrons. The molecule has 1 N–H and O–H groups in total. The van der Waals surface area contributed by atoms with E-state index in [1.54, 1.807) is 11.0 Å². The van der Waals surface area contributed by atoms with Gasteiger partial charge in [0, 0.05) is 34.0 Å². The Hall–Kier alpha value is -3.03. The van der Waals surface area contributed by atoms with E-state index in [9.17, 15) is 4.79 Å². The summed E-state index contributed by atoms with van der Waals surface area (Å²) >= 11 is 6.24. The number of hydrogen-bond donors (Lipinski definition) is 1. The van der Waals surface area contributed by atoms with Gasteiger partial charge in [-0.3, -0.25) is 9.58 Å². The Bertz CT molecular complexity index is 1190. The van der Waals surface area contributed by atoms with Crippen LogP contribution in [-0.4, -0.2) is 42.1 Å². The molecule has 178 valence electrons. The fourth-order valence-electron chi connectivity index (χ4n) is 4.92. The third-order valence-corrected chi connectivity index (χ3v) is 6.97. The molecule has 0 spiro atoms. The van der Waals surface area contributed by atoms with Crippen LogP contribution in [0.4, 0.5) is 10.5 Å². The van der Waals surface area contributed by atoms with Crippen LogP contribution in [-0.2, 0) is 11.2 Å². The van der Waals surface area contributed by atoms with Gasteiger partial charge >= 0.3 is 6.09 Å². The predicted octanol–water partition coefficient (Wildman–Crippen LogP) is 5.83. The second-order valence-corrected chi connectivity index (χ2v) is 9.35. The van der Waals surface area contributed by atoms with Crippen LogP contribution in [0.2, 0.25) is 5.02 Å². The highest BCUT2D eigenvalue weighted by Crippen LogP contribution is 2.45. The van der Waals surface area contributed by atoms with Gasteiger partial charge in [-0.05, 0) is 76.0 Å². The van der Waals surface area contributed by atoms with E-state index < -0.39 is 0 Å². The fourth-order valence-corrected chi connectivity index (χ4v) is 5.10. The third-order valence-electron chi connectivity index (χ3n) is 6.73. The summed E-state index contributed by atoms with van der Waals surface area (Å²) in [5, 5.41) is 8.70. The van der Waals surface area contributed by atoms with Gasteiger partial charge in [-0.2, -0.15) is 5.10 Å². The third kappa shape index (κ3) is 4.38. The number of nitrogens with zero attached hydrogens (tertiary/aromatic N) is 3. The van der Waals surface area contributed by atoms with Crippen molar-refractivity contribution >= 4 is 23.4 Å². The van der Waals surface area contributed by atoms with Crippen LogP contribution >= 0.6 is 11.6 Å². The second kappa shape index (κ2) is 9.68. The van der Waals surface area contributed by atoms with E-state index in [0.29, 0.717) is 16.8 Å². The normalized spacial score (nSPS) is 18.4. The predicted molar refractivity (Wildman–Crippen MR) is 133 cm³/mol. The van der Waals surface area contributed by atoms with Crippen LogP contribution in [0.1, 0.15) is 37.8 Å². The first-order valence-electron chi connectivity index (χ1n) is 11.8. The lowest BCUT2D eigenvalue weighted by Crippen LogP contribution is -2.42. The minimum atomic E-state index is -0.367. The average molecular weight is 481 g/mol. The van der Waals surface area contributed by atoms with Gasteiger partial charge in [-0.1, -0.05) is 17.7 Å². The maximum absolute atomic E-state index is 12.6. The standard InChI is InChI=1S/C26H29ClN4O3/c1-17-6-7-23-24(31(17)26(32)33-2)9-8-22(25(23)34-21-5-3-4-19(27)14-21)18-15-29-30(16-18)20-10-12-28-13-11-20/h3-5,8-9,14-17,20,28H,6-7,10-13H2,1-2H3. The number of fused-ring (bicyclic) bond motifs is 1. The number of hydrogen-bond acceptors (Lipinski definition) is 5. The summed E-state index contributed by atoms with van der Waals surface area (Å²) in [5.41, 5.74) is 3.73. The number of anilines is 1. The quantitative estimate of drug-likeness (QED) is 0.509. The average Bonchev–Trinajstić information content (AvgIpc) is 3.34. The van der Waals surface area contributed by atoms with Gasteiger partial charge in [0.2, 0.25) is 0 Å². The maximum atomic E-state index is 12.6. The molecule has 1 unspecified atom stereocenters. The van der Waals surface area contributed by atoms with Gasteiger partial charge < -0.3 is 14.8 Å². The molecule has 5 rings (SSSR count). The largest absolute Gasteiger partial charge is 0.456 e. The number of halogens is 1. The molecule has 2 aromatic carbocycles. The Morgan fingerprint density at radius 3 is 2.76 bits per heavy atom. The van der Waals surface area contributed by atoms with E-state index in [2.05, 4.69) is 21.3 Å². The minimum absolute atomic E-state index is 0.0347. The van der Waals surface area contributed by atoms with Crippen molar-refractivity contribution in [1.82, 2.24) is 15.1 Å². The van der Waals surface area contributed by atoms with Crippen LogP contribution < -0.4 is 15.0 Å². The molecular weight excluding hydrogens is 452 g/mol. The Balaban J connectivity index is 1.60. The van der Waals surface area contributed by atoms with Crippen molar-refractivity contribution in [3.05, 3.63) is 59.4 Å². The number of carbonyl (C=O) groups excluding carboxylic acids is 1. The molecular formula is C26H29ClN4O3. The summed E-state index contributed by atoms with van der Waals surface area (Å²) in [6, 6.07) is 11.8. The number of piperidine rings is 1. The Morgan fingerprint density at radius 2 is 2.00 bits per heavy atom. The zero-order valence-corrected chi connectivity index (χ0v) is 20.2. The Labute approximate surface area is 204 Å². The van der Waals surface area contributed by atoms with E-state index in [-0.39, 0.29) is 12.1 Å². The first kappa shape index (κ1) is 22.7. The second-order valence-electron chi connectivity index (χ2n) is 8.92. The molecule has 1 atom stereocenters.